The van der Waals surface area contributed by atoms with E-state index in [1.54, 1.807) is 0 Å². The molecule has 0 aliphatic rings. The van der Waals surface area contributed by atoms with Gasteiger partial charge in [0.2, 0.25) is 0 Å². The fourth-order valence-electron chi connectivity index (χ4n) is 9.60. The molecule has 0 N–H and O–H groups in total. The molecule has 0 spiro atoms. The van der Waals surface area contributed by atoms with Crippen molar-refractivity contribution in [1.82, 2.24) is 49.9 Å². The molecule has 0 unspecified atom stereocenters. The molecule has 16 nitrogen and oxygen atoms in total. The van der Waals surface area contributed by atoms with Gasteiger partial charge in [-0.1, -0.05) is 0 Å². The Morgan fingerprint density at radius 2 is 0.154 bits per heavy atom. The third kappa shape index (κ3) is 14.4. The van der Waals surface area contributed by atoms with Crippen molar-refractivity contribution in [2.24, 2.45) is 0 Å². The molecule has 0 aliphatic carbocycles. The second kappa shape index (κ2) is 26.6. The van der Waals surface area contributed by atoms with E-state index < -0.39 is 77.9 Å². The molecule has 0 aromatic rings. The Balaban J connectivity index is -0.000000295. The molecular weight excluding hydrogens is 1080 g/mol. The van der Waals surface area contributed by atoms with Crippen molar-refractivity contribution in [2.75, 3.05) is 226 Å². The molecule has 0 radical (unpaired) electrons. The topological polar surface area (TPSA) is 51.8 Å². The van der Waals surface area contributed by atoms with Crippen molar-refractivity contribution >= 4 is 77.9 Å². The van der Waals surface area contributed by atoms with Crippen LogP contribution in [0.1, 0.15) is 0 Å². The molecule has 0 rings (SSSR count). The van der Waals surface area contributed by atoms with Gasteiger partial charge in [0.15, 0.2) is 0 Å². The van der Waals surface area contributed by atoms with E-state index in [1.807, 2.05) is 0 Å². The van der Waals surface area contributed by atoms with Crippen LogP contribution in [0.25, 0.3) is 0 Å². The number of rotatable bonds is 16. The van der Waals surface area contributed by atoms with Crippen LogP contribution in [0.15, 0.2) is 0 Å². The second-order valence-electron chi connectivity index (χ2n) is 16.7. The quantitative estimate of drug-likeness (QED) is 0.172. The van der Waals surface area contributed by atoms with Crippen LogP contribution in [-0.4, -0.2) is 353 Å². The van der Waals surface area contributed by atoms with Gasteiger partial charge in [0, 0.05) is 0 Å². The summed E-state index contributed by atoms with van der Waals surface area (Å²) in [7, 11) is 69.7. The van der Waals surface area contributed by atoms with Gasteiger partial charge in [-0.3, -0.25) is 0 Å². The average Bonchev–Trinajstić information content (AvgIpc) is 2.87. The van der Waals surface area contributed by atoms with Gasteiger partial charge in [0.25, 0.3) is 0 Å². The van der Waals surface area contributed by atoms with Crippen molar-refractivity contribution in [3.63, 3.8) is 0 Å². The normalized spacial score (nSPS) is 13.8. The summed E-state index contributed by atoms with van der Waals surface area (Å²) in [6.45, 7) is 0. The summed E-state index contributed by atoms with van der Waals surface area (Å²) in [5.41, 5.74) is 0. The van der Waals surface area contributed by atoms with Crippen LogP contribution in [0.5, 0.6) is 0 Å². The predicted molar refractivity (Wildman–Crippen MR) is 242 cm³/mol. The van der Waals surface area contributed by atoms with Gasteiger partial charge in [-0.25, -0.2) is 0 Å². The Kier molecular flexibility index (Phi) is 31.3. The predicted octanol–water partition coefficient (Wildman–Crippen LogP) is -1.33. The Bertz CT molecular complexity index is 619. The SMILES string of the molecule is C[N](C)[Sn]([N](C)C)([N](C)C)[N](C)C.C[N](C)[Sn]([N](C)C)([N](C)C)[N](C)C.C[N](C)[Sn]([N](C)C)([N](C)C)[N](C)C.C[N](C)[Sn]([N](C)C)([N](C)C)[N](C)C. The summed E-state index contributed by atoms with van der Waals surface area (Å²) in [4.78, 5) is 0. The summed E-state index contributed by atoms with van der Waals surface area (Å²) < 4.78 is 38.4. The van der Waals surface area contributed by atoms with E-state index in [2.05, 4.69) is 275 Å². The molecule has 0 bridgehead atoms. The van der Waals surface area contributed by atoms with E-state index in [-0.39, 0.29) is 0 Å². The van der Waals surface area contributed by atoms with Gasteiger partial charge in [-0.05, 0) is 0 Å². The third-order valence-electron chi connectivity index (χ3n) is 9.60. The molecule has 20 heteroatoms. The van der Waals surface area contributed by atoms with Crippen molar-refractivity contribution in [3.05, 3.63) is 0 Å². The molecule has 0 aliphatic heterocycles. The molecule has 0 saturated heterocycles. The standard InChI is InChI=1S/16C2H6N.4Sn/c16*1-3-2;;;;/h16*1-2H3;;;;/q16*-1;4*+4. The van der Waals surface area contributed by atoms with Gasteiger partial charge in [0.1, 0.15) is 0 Å². The Morgan fingerprint density at radius 3 is 0.154 bits per heavy atom. The molecule has 0 fully saturated rings. The van der Waals surface area contributed by atoms with Crippen molar-refractivity contribution in [1.29, 1.82) is 0 Å². The molecule has 0 aromatic carbocycles. The molecule has 320 valence electrons. The maximum absolute atomic E-state index is 2.59. The van der Waals surface area contributed by atoms with Crippen LogP contribution in [0, 0.1) is 0 Å². The Hall–Kier alpha value is 2.55. The van der Waals surface area contributed by atoms with Gasteiger partial charge >= 0.3 is 353 Å². The zero-order valence-electron chi connectivity index (χ0n) is 41.2. The van der Waals surface area contributed by atoms with Gasteiger partial charge < -0.3 is 0 Å². The first-order valence-electron chi connectivity index (χ1n) is 17.9. The molecule has 0 atom stereocenters. The Labute approximate surface area is 349 Å². The first-order chi connectivity index (χ1) is 23.1. The molecule has 0 aromatic heterocycles. The fourth-order valence-corrected chi connectivity index (χ4v) is 64.4. The van der Waals surface area contributed by atoms with E-state index in [1.165, 1.54) is 0 Å². The van der Waals surface area contributed by atoms with Crippen LogP contribution in [0.3, 0.4) is 0 Å². The first-order valence-corrected chi connectivity index (χ1v) is 38.3. The number of nitrogens with zero attached hydrogens (tertiary/aromatic N) is 16. The van der Waals surface area contributed by atoms with Gasteiger partial charge in [-0.15, -0.1) is 0 Å². The summed E-state index contributed by atoms with van der Waals surface area (Å²) in [6, 6.07) is 0. The van der Waals surface area contributed by atoms with Crippen molar-refractivity contribution in [3.8, 4) is 0 Å². The van der Waals surface area contributed by atoms with Crippen LogP contribution < -0.4 is 0 Å². The monoisotopic (exact) mass is 1180 g/mol. The molecule has 0 heterocycles. The molecule has 0 saturated carbocycles. The molecular formula is C32H96N16Sn4. The minimum absolute atomic E-state index is 2.18. The van der Waals surface area contributed by atoms with E-state index in [4.69, 9.17) is 0 Å². The van der Waals surface area contributed by atoms with E-state index >= 15 is 0 Å². The summed E-state index contributed by atoms with van der Waals surface area (Å²) in [5, 5.41) is 0. The Morgan fingerprint density at radius 1 is 0.115 bits per heavy atom. The zero-order chi connectivity index (χ0) is 43.2. The van der Waals surface area contributed by atoms with Crippen molar-refractivity contribution < 1.29 is 0 Å². The minimum atomic E-state index is -2.59. The first kappa shape index (κ1) is 61.2. The number of hydrogen-bond donors (Lipinski definition) is 0. The summed E-state index contributed by atoms with van der Waals surface area (Å²) in [6.07, 6.45) is 0. The fraction of sp³-hybridized carbons (Fsp3) is 1.00. The average molecular weight is 1180 g/mol. The van der Waals surface area contributed by atoms with Gasteiger partial charge in [-0.2, -0.15) is 0 Å². The van der Waals surface area contributed by atoms with Crippen LogP contribution in [-0.2, 0) is 0 Å². The molecule has 0 amide bonds. The van der Waals surface area contributed by atoms with Gasteiger partial charge in [0.05, 0.1) is 0 Å². The summed E-state index contributed by atoms with van der Waals surface area (Å²) >= 11 is -10.4. The van der Waals surface area contributed by atoms with Crippen molar-refractivity contribution in [2.45, 2.75) is 0 Å². The van der Waals surface area contributed by atoms with Crippen LogP contribution in [0.2, 0.25) is 0 Å². The van der Waals surface area contributed by atoms with E-state index in [0.717, 1.165) is 0 Å². The van der Waals surface area contributed by atoms with E-state index in [0.29, 0.717) is 0 Å². The summed E-state index contributed by atoms with van der Waals surface area (Å²) in [5.74, 6) is 0. The number of hydrogen-bond acceptors (Lipinski definition) is 16. The zero-order valence-corrected chi connectivity index (χ0v) is 52.6. The second-order valence-corrected chi connectivity index (χ2v) is 71.3. The third-order valence-corrected chi connectivity index (χ3v) is 64.4. The van der Waals surface area contributed by atoms with E-state index in [9.17, 15) is 0 Å². The van der Waals surface area contributed by atoms with Crippen LogP contribution >= 0.6 is 0 Å². The molecule has 52 heavy (non-hydrogen) atoms. The van der Waals surface area contributed by atoms with Crippen LogP contribution in [0.4, 0.5) is 0 Å². The maximum atomic E-state index is 2.40.